The summed E-state index contributed by atoms with van der Waals surface area (Å²) < 4.78 is 4.91. The Kier molecular flexibility index (Phi) is 2.67. The highest BCUT2D eigenvalue weighted by molar-refractivity contribution is 7.12. The van der Waals surface area contributed by atoms with E-state index in [1.165, 1.54) is 11.3 Å². The predicted octanol–water partition coefficient (Wildman–Crippen LogP) is 1.88. The van der Waals surface area contributed by atoms with Crippen molar-refractivity contribution in [1.82, 2.24) is 0 Å². The molecule has 0 bridgehead atoms. The van der Waals surface area contributed by atoms with E-state index in [0.717, 1.165) is 15.3 Å². The van der Waals surface area contributed by atoms with Crippen molar-refractivity contribution in [2.75, 3.05) is 0 Å². The minimum absolute atomic E-state index is 0.517. The van der Waals surface area contributed by atoms with E-state index in [1.807, 2.05) is 12.1 Å². The third-order valence-corrected chi connectivity index (χ3v) is 3.17. The van der Waals surface area contributed by atoms with Crippen molar-refractivity contribution in [1.29, 1.82) is 0 Å². The predicted molar refractivity (Wildman–Crippen MR) is 55.0 cm³/mol. The van der Waals surface area contributed by atoms with Gasteiger partial charge in [0.15, 0.2) is 0 Å². The van der Waals surface area contributed by atoms with Crippen LogP contribution in [0.3, 0.4) is 0 Å². The number of hydrogen-bond acceptors (Lipinski definition) is 4. The monoisotopic (exact) mass is 209 g/mol. The fourth-order valence-electron chi connectivity index (χ4n) is 1.25. The van der Waals surface area contributed by atoms with Crippen molar-refractivity contribution in [2.45, 2.75) is 12.6 Å². The van der Waals surface area contributed by atoms with Crippen molar-refractivity contribution in [3.05, 3.63) is 46.0 Å². The molecule has 2 aromatic heterocycles. The van der Waals surface area contributed by atoms with Gasteiger partial charge in [-0.25, -0.2) is 0 Å². The second kappa shape index (κ2) is 3.96. The standard InChI is InChI=1S/C10H11NO2S/c11-5-8-1-2-9(14-8)10(12)7-3-4-13-6-7/h1-4,6,10,12H,5,11H2/t10-/m0/s1. The third kappa shape index (κ3) is 1.72. The Bertz CT molecular complexity index is 394. The molecule has 4 heteroatoms. The van der Waals surface area contributed by atoms with Gasteiger partial charge in [0.2, 0.25) is 0 Å². The second-order valence-electron chi connectivity index (χ2n) is 2.97. The molecule has 0 spiro atoms. The van der Waals surface area contributed by atoms with Crippen molar-refractivity contribution >= 4 is 11.3 Å². The van der Waals surface area contributed by atoms with Crippen molar-refractivity contribution in [3.8, 4) is 0 Å². The molecule has 3 N–H and O–H groups in total. The van der Waals surface area contributed by atoms with Gasteiger partial charge in [0, 0.05) is 21.9 Å². The van der Waals surface area contributed by atoms with Gasteiger partial charge in [-0.15, -0.1) is 11.3 Å². The first-order chi connectivity index (χ1) is 6.81. The molecule has 0 aromatic carbocycles. The Balaban J connectivity index is 2.23. The molecule has 1 atom stereocenters. The molecule has 3 nitrogen and oxygen atoms in total. The van der Waals surface area contributed by atoms with Gasteiger partial charge in [0.05, 0.1) is 12.5 Å². The number of furan rings is 1. The zero-order valence-corrected chi connectivity index (χ0v) is 8.33. The van der Waals surface area contributed by atoms with Crippen LogP contribution in [0.5, 0.6) is 0 Å². The smallest absolute Gasteiger partial charge is 0.116 e. The lowest BCUT2D eigenvalue weighted by Gasteiger charge is -2.03. The average molecular weight is 209 g/mol. The largest absolute Gasteiger partial charge is 0.472 e. The van der Waals surface area contributed by atoms with Crippen LogP contribution in [0.1, 0.15) is 21.4 Å². The lowest BCUT2D eigenvalue weighted by molar-refractivity contribution is 0.223. The second-order valence-corrected chi connectivity index (χ2v) is 4.17. The SMILES string of the molecule is NCc1ccc([C@@H](O)c2ccoc2)s1. The molecule has 2 heterocycles. The van der Waals surface area contributed by atoms with Gasteiger partial charge >= 0.3 is 0 Å². The van der Waals surface area contributed by atoms with Gasteiger partial charge in [0.25, 0.3) is 0 Å². The van der Waals surface area contributed by atoms with Gasteiger partial charge < -0.3 is 15.3 Å². The fourth-order valence-corrected chi connectivity index (χ4v) is 2.15. The lowest BCUT2D eigenvalue weighted by atomic mass is 10.2. The molecule has 74 valence electrons. The summed E-state index contributed by atoms with van der Waals surface area (Å²) in [5.74, 6) is 0. The summed E-state index contributed by atoms with van der Waals surface area (Å²) in [7, 11) is 0. The molecule has 2 aromatic rings. The Morgan fingerprint density at radius 2 is 2.29 bits per heavy atom. The van der Waals surface area contributed by atoms with E-state index >= 15 is 0 Å². The van der Waals surface area contributed by atoms with Crippen LogP contribution in [0, 0.1) is 0 Å². The summed E-state index contributed by atoms with van der Waals surface area (Å²) >= 11 is 1.52. The summed E-state index contributed by atoms with van der Waals surface area (Å²) in [6.07, 6.45) is 2.50. The van der Waals surface area contributed by atoms with Crippen LogP contribution in [0.25, 0.3) is 0 Å². The molecule has 0 saturated heterocycles. The molecule has 0 amide bonds. The van der Waals surface area contributed by atoms with E-state index in [0.29, 0.717) is 6.54 Å². The molecule has 0 saturated carbocycles. The maximum atomic E-state index is 9.90. The summed E-state index contributed by atoms with van der Waals surface area (Å²) in [6, 6.07) is 5.58. The first-order valence-electron chi connectivity index (χ1n) is 4.30. The normalized spacial score (nSPS) is 13.0. The van der Waals surface area contributed by atoms with E-state index in [9.17, 15) is 5.11 Å². The van der Waals surface area contributed by atoms with Gasteiger partial charge in [0.1, 0.15) is 6.10 Å². The molecule has 0 aliphatic rings. The maximum Gasteiger partial charge on any atom is 0.116 e. The Morgan fingerprint density at radius 3 is 2.86 bits per heavy atom. The minimum atomic E-state index is -0.598. The molecule has 0 unspecified atom stereocenters. The fraction of sp³-hybridized carbons (Fsp3) is 0.200. The molecular weight excluding hydrogens is 198 g/mol. The summed E-state index contributed by atoms with van der Waals surface area (Å²) in [4.78, 5) is 1.97. The van der Waals surface area contributed by atoms with Gasteiger partial charge in [-0.3, -0.25) is 0 Å². The van der Waals surface area contributed by atoms with E-state index in [1.54, 1.807) is 18.6 Å². The summed E-state index contributed by atoms with van der Waals surface area (Å²) in [5.41, 5.74) is 6.27. The average Bonchev–Trinajstić information content (AvgIpc) is 2.88. The number of aliphatic hydroxyl groups excluding tert-OH is 1. The van der Waals surface area contributed by atoms with Crippen LogP contribution in [0.2, 0.25) is 0 Å². The Labute approximate surface area is 85.8 Å². The van der Waals surface area contributed by atoms with Crippen LogP contribution in [0.15, 0.2) is 35.1 Å². The lowest BCUT2D eigenvalue weighted by Crippen LogP contribution is -1.94. The number of aliphatic hydroxyl groups is 1. The Morgan fingerprint density at radius 1 is 1.43 bits per heavy atom. The minimum Gasteiger partial charge on any atom is -0.472 e. The molecule has 14 heavy (non-hydrogen) atoms. The van der Waals surface area contributed by atoms with E-state index in [2.05, 4.69) is 0 Å². The first kappa shape index (κ1) is 9.45. The van der Waals surface area contributed by atoms with Crippen LogP contribution in [-0.2, 0) is 6.54 Å². The zero-order chi connectivity index (χ0) is 9.97. The highest BCUT2D eigenvalue weighted by Gasteiger charge is 2.13. The number of hydrogen-bond donors (Lipinski definition) is 2. The van der Waals surface area contributed by atoms with Crippen molar-refractivity contribution in [3.63, 3.8) is 0 Å². The molecule has 0 fully saturated rings. The highest BCUT2D eigenvalue weighted by Crippen LogP contribution is 2.28. The summed E-state index contributed by atoms with van der Waals surface area (Å²) in [5, 5.41) is 9.90. The van der Waals surface area contributed by atoms with Gasteiger partial charge in [-0.1, -0.05) is 0 Å². The topological polar surface area (TPSA) is 59.4 Å². The van der Waals surface area contributed by atoms with E-state index in [-0.39, 0.29) is 0 Å². The molecule has 0 radical (unpaired) electrons. The Hall–Kier alpha value is -1.10. The van der Waals surface area contributed by atoms with Crippen LogP contribution < -0.4 is 5.73 Å². The van der Waals surface area contributed by atoms with Crippen LogP contribution in [-0.4, -0.2) is 5.11 Å². The van der Waals surface area contributed by atoms with Gasteiger partial charge in [-0.2, -0.15) is 0 Å². The number of rotatable bonds is 3. The highest BCUT2D eigenvalue weighted by atomic mass is 32.1. The molecular formula is C10H11NO2S. The van der Waals surface area contributed by atoms with Crippen molar-refractivity contribution in [2.24, 2.45) is 5.73 Å². The number of nitrogens with two attached hydrogens (primary N) is 1. The molecule has 0 aliphatic heterocycles. The summed E-state index contributed by atoms with van der Waals surface area (Å²) in [6.45, 7) is 0.517. The third-order valence-electron chi connectivity index (χ3n) is 2.01. The van der Waals surface area contributed by atoms with E-state index < -0.39 is 6.10 Å². The van der Waals surface area contributed by atoms with Crippen molar-refractivity contribution < 1.29 is 9.52 Å². The van der Waals surface area contributed by atoms with Crippen LogP contribution >= 0.6 is 11.3 Å². The quantitative estimate of drug-likeness (QED) is 0.811. The molecule has 0 aliphatic carbocycles. The number of thiophene rings is 1. The first-order valence-corrected chi connectivity index (χ1v) is 5.11. The molecule has 2 rings (SSSR count). The van der Waals surface area contributed by atoms with E-state index in [4.69, 9.17) is 10.2 Å². The zero-order valence-electron chi connectivity index (χ0n) is 7.51. The van der Waals surface area contributed by atoms with Gasteiger partial charge in [-0.05, 0) is 18.2 Å². The maximum absolute atomic E-state index is 9.90. The van der Waals surface area contributed by atoms with Crippen LogP contribution in [0.4, 0.5) is 0 Å².